The lowest BCUT2D eigenvalue weighted by Crippen LogP contribution is -2.38. The molecule has 1 aliphatic carbocycles. The SMILES string of the molecule is CN(C)CCCN1C(=O)CC2(CCCCC2)C1=O. The van der Waals surface area contributed by atoms with Crippen molar-refractivity contribution in [1.29, 1.82) is 0 Å². The maximum Gasteiger partial charge on any atom is 0.235 e. The van der Waals surface area contributed by atoms with Crippen LogP contribution in [0.25, 0.3) is 0 Å². The summed E-state index contributed by atoms with van der Waals surface area (Å²) in [5.74, 6) is 0.173. The van der Waals surface area contributed by atoms with Gasteiger partial charge < -0.3 is 4.90 Å². The summed E-state index contributed by atoms with van der Waals surface area (Å²) in [4.78, 5) is 28.1. The Morgan fingerprint density at radius 1 is 1.17 bits per heavy atom. The first kappa shape index (κ1) is 13.5. The predicted octanol–water partition coefficient (Wildman–Crippen LogP) is 1.65. The second-order valence-electron chi connectivity index (χ2n) is 6.03. The van der Waals surface area contributed by atoms with E-state index in [1.807, 2.05) is 14.1 Å². The molecule has 0 atom stereocenters. The van der Waals surface area contributed by atoms with E-state index in [0.717, 1.165) is 38.6 Å². The van der Waals surface area contributed by atoms with Gasteiger partial charge >= 0.3 is 0 Å². The maximum atomic E-state index is 12.5. The van der Waals surface area contributed by atoms with Crippen LogP contribution in [0.3, 0.4) is 0 Å². The Kier molecular flexibility index (Phi) is 4.05. The van der Waals surface area contributed by atoms with Crippen molar-refractivity contribution >= 4 is 11.8 Å². The van der Waals surface area contributed by atoms with Crippen LogP contribution in [0.2, 0.25) is 0 Å². The van der Waals surface area contributed by atoms with Crippen LogP contribution in [0, 0.1) is 5.41 Å². The Bertz CT molecular complexity index is 333. The van der Waals surface area contributed by atoms with Crippen molar-refractivity contribution in [2.75, 3.05) is 27.2 Å². The molecule has 18 heavy (non-hydrogen) atoms. The van der Waals surface area contributed by atoms with E-state index in [1.165, 1.54) is 11.3 Å². The highest BCUT2D eigenvalue weighted by atomic mass is 16.2. The van der Waals surface area contributed by atoms with Crippen LogP contribution in [-0.4, -0.2) is 48.8 Å². The highest BCUT2D eigenvalue weighted by Gasteiger charge is 2.51. The number of rotatable bonds is 4. The fourth-order valence-corrected chi connectivity index (χ4v) is 3.25. The number of hydrogen-bond acceptors (Lipinski definition) is 3. The normalized spacial score (nSPS) is 23.4. The number of nitrogens with zero attached hydrogens (tertiary/aromatic N) is 2. The molecule has 4 heteroatoms. The monoisotopic (exact) mass is 252 g/mol. The highest BCUT2D eigenvalue weighted by molar-refractivity contribution is 6.05. The average Bonchev–Trinajstić information content (AvgIpc) is 2.54. The molecular weight excluding hydrogens is 228 g/mol. The predicted molar refractivity (Wildman–Crippen MR) is 70.0 cm³/mol. The second kappa shape index (κ2) is 5.39. The summed E-state index contributed by atoms with van der Waals surface area (Å²) in [5.41, 5.74) is -0.312. The Labute approximate surface area is 109 Å². The van der Waals surface area contributed by atoms with Crippen molar-refractivity contribution in [2.24, 2.45) is 5.41 Å². The van der Waals surface area contributed by atoms with Crippen molar-refractivity contribution in [1.82, 2.24) is 9.80 Å². The molecule has 102 valence electrons. The first-order valence-corrected chi connectivity index (χ1v) is 7.05. The van der Waals surface area contributed by atoms with Gasteiger partial charge in [-0.1, -0.05) is 19.3 Å². The molecule has 1 saturated carbocycles. The minimum Gasteiger partial charge on any atom is -0.309 e. The van der Waals surface area contributed by atoms with Gasteiger partial charge in [-0.15, -0.1) is 0 Å². The third kappa shape index (κ3) is 2.58. The second-order valence-corrected chi connectivity index (χ2v) is 6.03. The standard InChI is InChI=1S/C14H24N2O2/c1-15(2)9-6-10-16-12(17)11-14(13(16)18)7-4-3-5-8-14/h3-11H2,1-2H3. The third-order valence-electron chi connectivity index (χ3n) is 4.29. The number of imide groups is 1. The van der Waals surface area contributed by atoms with E-state index in [-0.39, 0.29) is 17.2 Å². The quantitative estimate of drug-likeness (QED) is 0.714. The van der Waals surface area contributed by atoms with Crippen molar-refractivity contribution in [3.05, 3.63) is 0 Å². The van der Waals surface area contributed by atoms with E-state index in [0.29, 0.717) is 13.0 Å². The Hall–Kier alpha value is -0.900. The summed E-state index contributed by atoms with van der Waals surface area (Å²) >= 11 is 0. The van der Waals surface area contributed by atoms with Crippen LogP contribution in [0.1, 0.15) is 44.9 Å². The van der Waals surface area contributed by atoms with Gasteiger partial charge in [-0.25, -0.2) is 0 Å². The summed E-state index contributed by atoms with van der Waals surface area (Å²) in [7, 11) is 4.02. The van der Waals surface area contributed by atoms with Gasteiger partial charge in [-0.05, 0) is 39.9 Å². The number of likely N-dealkylation sites (tertiary alicyclic amines) is 1. The minimum absolute atomic E-state index is 0.0562. The minimum atomic E-state index is -0.312. The molecule has 0 aromatic carbocycles. The summed E-state index contributed by atoms with van der Waals surface area (Å²) in [6.07, 6.45) is 6.59. The van der Waals surface area contributed by atoms with Gasteiger partial charge in [0.1, 0.15) is 0 Å². The smallest absolute Gasteiger partial charge is 0.235 e. The molecule has 0 aromatic rings. The first-order valence-electron chi connectivity index (χ1n) is 7.05. The van der Waals surface area contributed by atoms with Crippen molar-refractivity contribution in [3.8, 4) is 0 Å². The first-order chi connectivity index (χ1) is 8.55. The summed E-state index contributed by atoms with van der Waals surface area (Å²) in [6, 6.07) is 0. The molecule has 2 amide bonds. The Morgan fingerprint density at radius 2 is 1.83 bits per heavy atom. The van der Waals surface area contributed by atoms with Crippen LogP contribution in [0.5, 0.6) is 0 Å². The van der Waals surface area contributed by atoms with Gasteiger partial charge in [0.05, 0.1) is 5.41 Å². The summed E-state index contributed by atoms with van der Waals surface area (Å²) in [6.45, 7) is 1.52. The molecule has 1 saturated heterocycles. The summed E-state index contributed by atoms with van der Waals surface area (Å²) in [5, 5.41) is 0. The molecule has 2 fully saturated rings. The lowest BCUT2D eigenvalue weighted by atomic mass is 9.73. The largest absolute Gasteiger partial charge is 0.309 e. The van der Waals surface area contributed by atoms with E-state index >= 15 is 0 Å². The average molecular weight is 252 g/mol. The molecule has 2 rings (SSSR count). The fraction of sp³-hybridized carbons (Fsp3) is 0.857. The van der Waals surface area contributed by atoms with Crippen LogP contribution >= 0.6 is 0 Å². The Morgan fingerprint density at radius 3 is 2.44 bits per heavy atom. The molecular formula is C14H24N2O2. The van der Waals surface area contributed by atoms with Gasteiger partial charge in [0, 0.05) is 13.0 Å². The van der Waals surface area contributed by atoms with Crippen LogP contribution < -0.4 is 0 Å². The lowest BCUT2D eigenvalue weighted by Gasteiger charge is -2.30. The van der Waals surface area contributed by atoms with Gasteiger partial charge in [0.15, 0.2) is 0 Å². The molecule has 1 spiro atoms. The molecule has 0 unspecified atom stereocenters. The number of carbonyl (C=O) groups excluding carboxylic acids is 2. The zero-order chi connectivity index (χ0) is 13.2. The molecule has 4 nitrogen and oxygen atoms in total. The molecule has 0 radical (unpaired) electrons. The van der Waals surface area contributed by atoms with E-state index in [9.17, 15) is 9.59 Å². The van der Waals surface area contributed by atoms with Crippen LogP contribution in [-0.2, 0) is 9.59 Å². The van der Waals surface area contributed by atoms with E-state index < -0.39 is 0 Å². The van der Waals surface area contributed by atoms with E-state index in [4.69, 9.17) is 0 Å². The Balaban J connectivity index is 1.96. The maximum absolute atomic E-state index is 12.5. The van der Waals surface area contributed by atoms with Gasteiger partial charge in [0.2, 0.25) is 11.8 Å². The van der Waals surface area contributed by atoms with Crippen LogP contribution in [0.4, 0.5) is 0 Å². The van der Waals surface area contributed by atoms with Gasteiger partial charge in [-0.2, -0.15) is 0 Å². The van der Waals surface area contributed by atoms with Crippen molar-refractivity contribution < 1.29 is 9.59 Å². The van der Waals surface area contributed by atoms with Crippen LogP contribution in [0.15, 0.2) is 0 Å². The van der Waals surface area contributed by atoms with Crippen molar-refractivity contribution in [3.63, 3.8) is 0 Å². The number of carbonyl (C=O) groups is 2. The van der Waals surface area contributed by atoms with Gasteiger partial charge in [-0.3, -0.25) is 14.5 Å². The molecule has 0 N–H and O–H groups in total. The van der Waals surface area contributed by atoms with E-state index in [1.54, 1.807) is 0 Å². The molecule has 0 aromatic heterocycles. The van der Waals surface area contributed by atoms with Gasteiger partial charge in [0.25, 0.3) is 0 Å². The van der Waals surface area contributed by atoms with Crippen molar-refractivity contribution in [2.45, 2.75) is 44.9 Å². The summed E-state index contributed by atoms with van der Waals surface area (Å²) < 4.78 is 0. The fourth-order valence-electron chi connectivity index (χ4n) is 3.25. The molecule has 2 aliphatic rings. The third-order valence-corrected chi connectivity index (χ3v) is 4.29. The zero-order valence-corrected chi connectivity index (χ0v) is 11.6. The number of hydrogen-bond donors (Lipinski definition) is 0. The molecule has 1 heterocycles. The lowest BCUT2D eigenvalue weighted by molar-refractivity contribution is -0.142. The number of amides is 2. The molecule has 1 aliphatic heterocycles. The zero-order valence-electron chi connectivity index (χ0n) is 11.6. The van der Waals surface area contributed by atoms with E-state index in [2.05, 4.69) is 4.90 Å². The highest BCUT2D eigenvalue weighted by Crippen LogP contribution is 2.45. The topological polar surface area (TPSA) is 40.6 Å². The molecule has 0 bridgehead atoms.